The van der Waals surface area contributed by atoms with Gasteiger partial charge in [-0.25, -0.2) is 4.68 Å². The normalized spacial score (nSPS) is 10.5. The van der Waals surface area contributed by atoms with Crippen LogP contribution in [0.5, 0.6) is 5.75 Å². The molecular weight excluding hydrogens is 330 g/mol. The summed E-state index contributed by atoms with van der Waals surface area (Å²) in [5.41, 5.74) is 6.65. The van der Waals surface area contributed by atoms with Crippen LogP contribution in [0, 0.1) is 0 Å². The maximum atomic E-state index is 11.5. The van der Waals surface area contributed by atoms with Crippen LogP contribution in [0.25, 0.3) is 0 Å². The summed E-state index contributed by atoms with van der Waals surface area (Å²) in [5, 5.41) is 12.0. The highest BCUT2D eigenvalue weighted by molar-refractivity contribution is 6.30. The lowest BCUT2D eigenvalue weighted by Crippen LogP contribution is -2.14. The average Bonchev–Trinajstić information content (AvgIpc) is 3.00. The van der Waals surface area contributed by atoms with Gasteiger partial charge >= 0.3 is 0 Å². The first kappa shape index (κ1) is 15.9. The van der Waals surface area contributed by atoms with E-state index in [4.69, 9.17) is 22.1 Å². The number of hydrogen-bond acceptors (Lipinski definition) is 5. The van der Waals surface area contributed by atoms with Crippen LogP contribution >= 0.6 is 11.6 Å². The van der Waals surface area contributed by atoms with Crippen molar-refractivity contribution >= 4 is 17.5 Å². The van der Waals surface area contributed by atoms with Gasteiger partial charge in [0.05, 0.1) is 12.1 Å². The molecule has 0 unspecified atom stereocenters. The Morgan fingerprint density at radius 2 is 2.00 bits per heavy atom. The Balaban J connectivity index is 1.76. The molecule has 0 saturated heterocycles. The van der Waals surface area contributed by atoms with Gasteiger partial charge in [0.25, 0.3) is 5.91 Å². The van der Waals surface area contributed by atoms with Gasteiger partial charge in [-0.1, -0.05) is 41.9 Å². The number of rotatable bonds is 6. The van der Waals surface area contributed by atoms with Crippen LogP contribution in [0.15, 0.2) is 48.5 Å². The van der Waals surface area contributed by atoms with E-state index < -0.39 is 5.91 Å². The molecule has 0 aliphatic rings. The number of primary amides is 1. The fraction of sp³-hybridized carbons (Fsp3) is 0.125. The molecule has 24 heavy (non-hydrogen) atoms. The zero-order valence-corrected chi connectivity index (χ0v) is 13.3. The summed E-state index contributed by atoms with van der Waals surface area (Å²) in [7, 11) is 0. The molecule has 8 heteroatoms. The number of benzene rings is 2. The molecule has 0 radical (unpaired) electrons. The lowest BCUT2D eigenvalue weighted by molar-refractivity contribution is 0.0995. The first-order chi connectivity index (χ1) is 11.6. The van der Waals surface area contributed by atoms with Gasteiger partial charge in [-0.3, -0.25) is 4.79 Å². The van der Waals surface area contributed by atoms with E-state index in [0.29, 0.717) is 23.1 Å². The molecule has 2 N–H and O–H groups in total. The second kappa shape index (κ2) is 7.10. The summed E-state index contributed by atoms with van der Waals surface area (Å²) in [6, 6.07) is 14.4. The van der Waals surface area contributed by atoms with Gasteiger partial charge in [0, 0.05) is 5.02 Å². The highest BCUT2D eigenvalue weighted by Crippen LogP contribution is 2.23. The number of aromatic nitrogens is 4. The van der Waals surface area contributed by atoms with Crippen LogP contribution < -0.4 is 10.5 Å². The van der Waals surface area contributed by atoms with Crippen LogP contribution in [0.4, 0.5) is 0 Å². The molecule has 3 aromatic rings. The lowest BCUT2D eigenvalue weighted by Gasteiger charge is -2.10. The molecule has 1 heterocycles. The Morgan fingerprint density at radius 3 is 2.75 bits per heavy atom. The number of tetrazole rings is 1. The van der Waals surface area contributed by atoms with Crippen LogP contribution in [0.1, 0.15) is 21.7 Å². The van der Waals surface area contributed by atoms with Gasteiger partial charge in [0.1, 0.15) is 12.4 Å². The van der Waals surface area contributed by atoms with E-state index >= 15 is 0 Å². The number of halogens is 1. The van der Waals surface area contributed by atoms with Crippen molar-refractivity contribution in [3.8, 4) is 5.75 Å². The van der Waals surface area contributed by atoms with Crippen molar-refractivity contribution < 1.29 is 9.53 Å². The Morgan fingerprint density at radius 1 is 1.21 bits per heavy atom. The molecule has 3 rings (SSSR count). The summed E-state index contributed by atoms with van der Waals surface area (Å²) in [4.78, 5) is 11.5. The summed E-state index contributed by atoms with van der Waals surface area (Å²) < 4.78 is 7.28. The molecule has 0 fully saturated rings. The number of carbonyl (C=O) groups is 1. The molecule has 0 aliphatic carbocycles. The lowest BCUT2D eigenvalue weighted by atomic mass is 10.2. The van der Waals surface area contributed by atoms with Crippen LogP contribution in [-0.4, -0.2) is 26.1 Å². The molecular formula is C16H14ClN5O2. The fourth-order valence-electron chi connectivity index (χ4n) is 2.17. The third-order valence-electron chi connectivity index (χ3n) is 3.35. The minimum atomic E-state index is -0.592. The van der Waals surface area contributed by atoms with E-state index in [-0.39, 0.29) is 12.2 Å². The summed E-state index contributed by atoms with van der Waals surface area (Å²) in [6.07, 6.45) is 0. The Bertz CT molecular complexity index is 851. The van der Waals surface area contributed by atoms with Crippen molar-refractivity contribution in [1.29, 1.82) is 0 Å². The third-order valence-corrected chi connectivity index (χ3v) is 3.58. The quantitative estimate of drug-likeness (QED) is 0.739. The Labute approximate surface area is 143 Å². The molecule has 1 amide bonds. The van der Waals surface area contributed by atoms with Crippen molar-refractivity contribution in [1.82, 2.24) is 20.2 Å². The van der Waals surface area contributed by atoms with Gasteiger partial charge < -0.3 is 10.5 Å². The van der Waals surface area contributed by atoms with Gasteiger partial charge in [-0.05, 0) is 34.2 Å². The minimum Gasteiger partial charge on any atom is -0.485 e. The molecule has 122 valence electrons. The van der Waals surface area contributed by atoms with Gasteiger partial charge in [-0.2, -0.15) is 0 Å². The highest BCUT2D eigenvalue weighted by Gasteiger charge is 2.13. The number of ether oxygens (including phenoxy) is 1. The molecule has 1 aromatic heterocycles. The summed E-state index contributed by atoms with van der Waals surface area (Å²) in [6.45, 7) is 0.602. The predicted octanol–water partition coefficient (Wildman–Crippen LogP) is 2.05. The monoisotopic (exact) mass is 343 g/mol. The summed E-state index contributed by atoms with van der Waals surface area (Å²) in [5.74, 6) is 0.226. The van der Waals surface area contributed by atoms with Crippen LogP contribution in [0.3, 0.4) is 0 Å². The van der Waals surface area contributed by atoms with E-state index in [1.165, 1.54) is 12.1 Å². The molecule has 0 spiro atoms. The van der Waals surface area contributed by atoms with Crippen molar-refractivity contribution in [2.75, 3.05) is 0 Å². The number of amides is 1. The second-order valence-electron chi connectivity index (χ2n) is 5.03. The molecule has 0 atom stereocenters. The smallest absolute Gasteiger partial charge is 0.252 e. The van der Waals surface area contributed by atoms with E-state index in [1.807, 2.05) is 30.3 Å². The highest BCUT2D eigenvalue weighted by atomic mass is 35.5. The van der Waals surface area contributed by atoms with Crippen molar-refractivity contribution in [3.63, 3.8) is 0 Å². The van der Waals surface area contributed by atoms with E-state index in [1.54, 1.807) is 10.7 Å². The number of carbonyl (C=O) groups excluding carboxylic acids is 1. The third kappa shape index (κ3) is 3.69. The number of nitrogens with two attached hydrogens (primary N) is 1. The number of hydrogen-bond donors (Lipinski definition) is 1. The fourth-order valence-corrected chi connectivity index (χ4v) is 2.33. The topological polar surface area (TPSA) is 95.9 Å². The SMILES string of the molecule is NC(=O)c1ccc(Cl)cc1OCc1nnnn1Cc1ccccc1. The summed E-state index contributed by atoms with van der Waals surface area (Å²) >= 11 is 5.94. The van der Waals surface area contributed by atoms with Crippen molar-refractivity contribution in [2.24, 2.45) is 5.73 Å². The van der Waals surface area contributed by atoms with Crippen molar-refractivity contribution in [3.05, 3.63) is 70.5 Å². The number of nitrogens with zero attached hydrogens (tertiary/aromatic N) is 4. The molecule has 7 nitrogen and oxygen atoms in total. The van der Waals surface area contributed by atoms with Crippen molar-refractivity contribution in [2.45, 2.75) is 13.2 Å². The van der Waals surface area contributed by atoms with Gasteiger partial charge in [0.2, 0.25) is 0 Å². The standard InChI is InChI=1S/C16H14ClN5O2/c17-12-6-7-13(16(18)23)14(8-12)24-10-15-19-20-21-22(15)9-11-4-2-1-3-5-11/h1-8H,9-10H2,(H2,18,23). The maximum absolute atomic E-state index is 11.5. The average molecular weight is 344 g/mol. The first-order valence-electron chi connectivity index (χ1n) is 7.14. The maximum Gasteiger partial charge on any atom is 0.252 e. The van der Waals surface area contributed by atoms with Gasteiger partial charge in [0.15, 0.2) is 5.82 Å². The second-order valence-corrected chi connectivity index (χ2v) is 5.47. The Hall–Kier alpha value is -2.93. The predicted molar refractivity (Wildman–Crippen MR) is 87.7 cm³/mol. The molecule has 0 bridgehead atoms. The van der Waals surface area contributed by atoms with Crippen LogP contribution in [0.2, 0.25) is 5.02 Å². The molecule has 2 aromatic carbocycles. The van der Waals surface area contributed by atoms with Gasteiger partial charge in [-0.15, -0.1) is 5.10 Å². The van der Waals surface area contributed by atoms with Crippen LogP contribution in [-0.2, 0) is 13.2 Å². The first-order valence-corrected chi connectivity index (χ1v) is 7.52. The Kier molecular flexibility index (Phi) is 4.72. The minimum absolute atomic E-state index is 0.0838. The molecule has 0 aliphatic heterocycles. The molecule has 0 saturated carbocycles. The largest absolute Gasteiger partial charge is 0.485 e. The van der Waals surface area contributed by atoms with E-state index in [9.17, 15) is 4.79 Å². The van der Waals surface area contributed by atoms with E-state index in [0.717, 1.165) is 5.56 Å². The zero-order valence-electron chi connectivity index (χ0n) is 12.6. The van der Waals surface area contributed by atoms with E-state index in [2.05, 4.69) is 15.5 Å². The zero-order chi connectivity index (χ0) is 16.9.